The minimum atomic E-state index is 0.134. The van der Waals surface area contributed by atoms with Crippen molar-refractivity contribution in [3.05, 3.63) is 28.2 Å². The Bertz CT molecular complexity index is 432. The van der Waals surface area contributed by atoms with Gasteiger partial charge in [-0.25, -0.2) is 0 Å². The number of rotatable bonds is 7. The number of carbonyl (C=O) groups excluding carboxylic acids is 1. The van der Waals surface area contributed by atoms with Crippen LogP contribution in [-0.2, 0) is 0 Å². The number of ether oxygens (including phenoxy) is 1. The molecule has 0 aliphatic rings. The Morgan fingerprint density at radius 2 is 2.11 bits per heavy atom. The molecule has 0 aliphatic carbocycles. The van der Waals surface area contributed by atoms with Gasteiger partial charge in [0.2, 0.25) is 0 Å². The van der Waals surface area contributed by atoms with Crippen LogP contribution in [0.25, 0.3) is 0 Å². The van der Waals surface area contributed by atoms with Gasteiger partial charge >= 0.3 is 0 Å². The lowest BCUT2D eigenvalue weighted by molar-refractivity contribution is 0.0943. The maximum atomic E-state index is 12.1. The van der Waals surface area contributed by atoms with Crippen LogP contribution in [0.4, 0.5) is 0 Å². The number of hydrogen-bond donors (Lipinski definition) is 0. The molecule has 3 nitrogen and oxygen atoms in total. The minimum Gasteiger partial charge on any atom is -0.496 e. The molecule has 4 heteroatoms. The van der Waals surface area contributed by atoms with Gasteiger partial charge in [0.1, 0.15) is 5.75 Å². The summed E-state index contributed by atoms with van der Waals surface area (Å²) in [6.07, 6.45) is 1.11. The van der Waals surface area contributed by atoms with Crippen LogP contribution >= 0.6 is 15.9 Å². The summed E-state index contributed by atoms with van der Waals surface area (Å²) < 4.78 is 5.97. The summed E-state index contributed by atoms with van der Waals surface area (Å²) in [4.78, 5) is 14.2. The summed E-state index contributed by atoms with van der Waals surface area (Å²) in [5.74, 6) is 1.53. The van der Waals surface area contributed by atoms with Crippen LogP contribution in [0.1, 0.15) is 30.6 Å². The molecule has 0 saturated heterocycles. The van der Waals surface area contributed by atoms with E-state index in [4.69, 9.17) is 4.74 Å². The molecule has 0 spiro atoms. The van der Waals surface area contributed by atoms with Crippen LogP contribution in [0, 0.1) is 5.92 Å². The zero-order valence-corrected chi connectivity index (χ0v) is 13.7. The van der Waals surface area contributed by atoms with Gasteiger partial charge in [-0.15, -0.1) is 0 Å². The predicted molar refractivity (Wildman–Crippen MR) is 82.0 cm³/mol. The highest BCUT2D eigenvalue weighted by Crippen LogP contribution is 2.25. The van der Waals surface area contributed by atoms with E-state index in [9.17, 15) is 4.79 Å². The number of carbonyl (C=O) groups is 1. The monoisotopic (exact) mass is 327 g/mol. The largest absolute Gasteiger partial charge is 0.496 e. The van der Waals surface area contributed by atoms with Gasteiger partial charge in [-0.05, 0) is 60.1 Å². The van der Waals surface area contributed by atoms with Crippen molar-refractivity contribution in [1.29, 1.82) is 0 Å². The van der Waals surface area contributed by atoms with Crippen molar-refractivity contribution in [3.63, 3.8) is 0 Å². The van der Waals surface area contributed by atoms with Crippen molar-refractivity contribution >= 4 is 21.7 Å². The SMILES string of the molecule is COc1ccc(C(=O)CN(C)CCC(C)C)cc1Br. The number of halogens is 1. The lowest BCUT2D eigenvalue weighted by Gasteiger charge is -2.17. The molecule has 1 rings (SSSR count). The molecule has 1 aromatic rings. The number of Topliss-reactive ketones (excluding diaryl/α,β-unsaturated/α-hetero) is 1. The molecule has 0 aromatic heterocycles. The highest BCUT2D eigenvalue weighted by atomic mass is 79.9. The van der Waals surface area contributed by atoms with Gasteiger partial charge in [0.25, 0.3) is 0 Å². The van der Waals surface area contributed by atoms with E-state index >= 15 is 0 Å². The van der Waals surface area contributed by atoms with E-state index in [1.54, 1.807) is 7.11 Å². The summed E-state index contributed by atoms with van der Waals surface area (Å²) >= 11 is 3.40. The van der Waals surface area contributed by atoms with Gasteiger partial charge in [0, 0.05) is 5.56 Å². The number of ketones is 1. The first kappa shape index (κ1) is 16.2. The van der Waals surface area contributed by atoms with Crippen molar-refractivity contribution in [3.8, 4) is 5.75 Å². The smallest absolute Gasteiger partial charge is 0.176 e. The van der Waals surface area contributed by atoms with E-state index in [-0.39, 0.29) is 5.78 Å². The number of nitrogens with zero attached hydrogens (tertiary/aromatic N) is 1. The Labute approximate surface area is 124 Å². The van der Waals surface area contributed by atoms with Crippen LogP contribution in [-0.4, -0.2) is 37.9 Å². The standard InChI is InChI=1S/C15H22BrNO2/c1-11(2)7-8-17(3)10-14(18)12-5-6-15(19-4)13(16)9-12/h5-6,9,11H,7-8,10H2,1-4H3. The molecule has 19 heavy (non-hydrogen) atoms. The first-order valence-corrected chi connectivity index (χ1v) is 7.28. The van der Waals surface area contributed by atoms with E-state index < -0.39 is 0 Å². The third-order valence-electron chi connectivity index (χ3n) is 2.98. The Kier molecular flexibility index (Phi) is 6.52. The second-order valence-corrected chi connectivity index (χ2v) is 6.05. The molecule has 0 fully saturated rings. The summed E-state index contributed by atoms with van der Waals surface area (Å²) in [6.45, 7) is 5.78. The number of benzene rings is 1. The molecule has 0 amide bonds. The zero-order valence-electron chi connectivity index (χ0n) is 12.1. The van der Waals surface area contributed by atoms with E-state index in [0.29, 0.717) is 18.0 Å². The lowest BCUT2D eigenvalue weighted by atomic mass is 10.1. The molecule has 0 radical (unpaired) electrons. The third kappa shape index (κ3) is 5.33. The van der Waals surface area contributed by atoms with Crippen LogP contribution in [0.2, 0.25) is 0 Å². The molecule has 0 N–H and O–H groups in total. The Morgan fingerprint density at radius 1 is 1.42 bits per heavy atom. The second-order valence-electron chi connectivity index (χ2n) is 5.19. The fraction of sp³-hybridized carbons (Fsp3) is 0.533. The molecule has 0 unspecified atom stereocenters. The molecule has 106 valence electrons. The van der Waals surface area contributed by atoms with Gasteiger partial charge in [-0.1, -0.05) is 13.8 Å². The van der Waals surface area contributed by atoms with Crippen molar-refractivity contribution in [2.45, 2.75) is 20.3 Å². The second kappa shape index (κ2) is 7.65. The average molecular weight is 328 g/mol. The summed E-state index contributed by atoms with van der Waals surface area (Å²) in [5.41, 5.74) is 0.712. The topological polar surface area (TPSA) is 29.5 Å². The lowest BCUT2D eigenvalue weighted by Crippen LogP contribution is -2.27. The molecular formula is C15H22BrNO2. The van der Waals surface area contributed by atoms with Crippen molar-refractivity contribution in [2.24, 2.45) is 5.92 Å². The van der Waals surface area contributed by atoms with Gasteiger partial charge in [0.05, 0.1) is 18.1 Å². The molecule has 1 aromatic carbocycles. The molecule has 0 aliphatic heterocycles. The van der Waals surface area contributed by atoms with E-state index in [1.807, 2.05) is 25.2 Å². The molecular weight excluding hydrogens is 306 g/mol. The molecule has 0 bridgehead atoms. The third-order valence-corrected chi connectivity index (χ3v) is 3.60. The first-order valence-electron chi connectivity index (χ1n) is 6.49. The maximum Gasteiger partial charge on any atom is 0.176 e. The first-order chi connectivity index (χ1) is 8.93. The summed E-state index contributed by atoms with van der Waals surface area (Å²) in [5, 5.41) is 0. The van der Waals surface area contributed by atoms with Crippen molar-refractivity contribution in [2.75, 3.05) is 27.2 Å². The van der Waals surface area contributed by atoms with E-state index in [0.717, 1.165) is 23.2 Å². The zero-order chi connectivity index (χ0) is 14.4. The quantitative estimate of drug-likeness (QED) is 0.716. The number of likely N-dealkylation sites (N-methyl/N-ethyl adjacent to an activating group) is 1. The Balaban J connectivity index is 2.60. The minimum absolute atomic E-state index is 0.134. The van der Waals surface area contributed by atoms with Crippen molar-refractivity contribution < 1.29 is 9.53 Å². The molecule has 0 heterocycles. The fourth-order valence-corrected chi connectivity index (χ4v) is 2.27. The van der Waals surface area contributed by atoms with Gasteiger partial charge in [0.15, 0.2) is 5.78 Å². The number of methoxy groups -OCH3 is 1. The van der Waals surface area contributed by atoms with E-state index in [1.165, 1.54) is 0 Å². The van der Waals surface area contributed by atoms with Crippen molar-refractivity contribution in [1.82, 2.24) is 4.90 Å². The summed E-state index contributed by atoms with van der Waals surface area (Å²) in [7, 11) is 3.60. The predicted octanol–water partition coefficient (Wildman–Crippen LogP) is 3.62. The maximum absolute atomic E-state index is 12.1. The Morgan fingerprint density at radius 3 is 2.63 bits per heavy atom. The van der Waals surface area contributed by atoms with Crippen LogP contribution in [0.15, 0.2) is 22.7 Å². The van der Waals surface area contributed by atoms with E-state index in [2.05, 4.69) is 34.7 Å². The highest BCUT2D eigenvalue weighted by Gasteiger charge is 2.11. The van der Waals surface area contributed by atoms with Gasteiger partial charge < -0.3 is 4.74 Å². The Hall–Kier alpha value is -0.870. The average Bonchev–Trinajstić information content (AvgIpc) is 2.36. The molecule has 0 saturated carbocycles. The van der Waals surface area contributed by atoms with Crippen LogP contribution in [0.3, 0.4) is 0 Å². The van der Waals surface area contributed by atoms with Gasteiger partial charge in [-0.2, -0.15) is 0 Å². The number of hydrogen-bond acceptors (Lipinski definition) is 3. The highest BCUT2D eigenvalue weighted by molar-refractivity contribution is 9.10. The molecule has 0 atom stereocenters. The summed E-state index contributed by atoms with van der Waals surface area (Å²) in [6, 6.07) is 5.44. The van der Waals surface area contributed by atoms with Crippen LogP contribution < -0.4 is 4.74 Å². The van der Waals surface area contributed by atoms with Crippen LogP contribution in [0.5, 0.6) is 5.75 Å². The fourth-order valence-electron chi connectivity index (χ4n) is 1.73. The van der Waals surface area contributed by atoms with Gasteiger partial charge in [-0.3, -0.25) is 9.69 Å². The normalized spacial score (nSPS) is 11.1.